The van der Waals surface area contributed by atoms with E-state index < -0.39 is 11.8 Å². The van der Waals surface area contributed by atoms with E-state index in [4.69, 9.17) is 5.11 Å². The van der Waals surface area contributed by atoms with Gasteiger partial charge in [-0.15, -0.1) is 0 Å². The van der Waals surface area contributed by atoms with Gasteiger partial charge < -0.3 is 5.11 Å². The van der Waals surface area contributed by atoms with Gasteiger partial charge in [0.25, 0.3) is 5.78 Å². The molecule has 10 heavy (non-hydrogen) atoms. The van der Waals surface area contributed by atoms with Crippen molar-refractivity contribution in [2.24, 2.45) is 0 Å². The van der Waals surface area contributed by atoms with Gasteiger partial charge in [-0.1, -0.05) is 0 Å². The molecule has 0 aromatic heterocycles. The highest BCUT2D eigenvalue weighted by Gasteiger charge is 2.05. The molecule has 0 amide bonds. The zero-order valence-electron chi connectivity index (χ0n) is 5.33. The Morgan fingerprint density at radius 1 is 1.20 bits per heavy atom. The summed E-state index contributed by atoms with van der Waals surface area (Å²) >= 11 is 0. The van der Waals surface area contributed by atoms with Gasteiger partial charge in [-0.25, -0.2) is 4.79 Å². The Morgan fingerprint density at radius 3 is 2.00 bits per heavy atom. The Labute approximate surface area is 57.2 Å². The second-order valence-electron chi connectivity index (χ2n) is 1.61. The van der Waals surface area contributed by atoms with Crippen LogP contribution in [0.25, 0.3) is 0 Å². The first-order chi connectivity index (χ1) is 4.54. The van der Waals surface area contributed by atoms with E-state index in [0.717, 1.165) is 12.2 Å². The SMILES string of the molecule is CC(=O)C=CC(=O)C(=O)O. The van der Waals surface area contributed by atoms with E-state index in [0.29, 0.717) is 0 Å². The van der Waals surface area contributed by atoms with Crippen LogP contribution < -0.4 is 0 Å². The van der Waals surface area contributed by atoms with Gasteiger partial charge in [0.2, 0.25) is 0 Å². The summed E-state index contributed by atoms with van der Waals surface area (Å²) in [5.74, 6) is -3.00. The Bertz CT molecular complexity index is 202. The quantitative estimate of drug-likeness (QED) is 0.437. The molecule has 0 aliphatic rings. The summed E-state index contributed by atoms with van der Waals surface area (Å²) in [6.45, 7) is 1.23. The van der Waals surface area contributed by atoms with Crippen molar-refractivity contribution in [3.8, 4) is 0 Å². The molecular weight excluding hydrogens is 136 g/mol. The maximum absolute atomic E-state index is 10.2. The Balaban J connectivity index is 4.03. The van der Waals surface area contributed by atoms with Crippen molar-refractivity contribution in [3.63, 3.8) is 0 Å². The first-order valence-corrected chi connectivity index (χ1v) is 2.50. The zero-order chi connectivity index (χ0) is 8.15. The van der Waals surface area contributed by atoms with E-state index in [1.165, 1.54) is 6.92 Å². The van der Waals surface area contributed by atoms with Gasteiger partial charge in [0, 0.05) is 0 Å². The van der Waals surface area contributed by atoms with Crippen LogP contribution in [0.2, 0.25) is 0 Å². The molecular formula is C6H6O4. The minimum Gasteiger partial charge on any atom is -0.475 e. The predicted molar refractivity (Wildman–Crippen MR) is 32.5 cm³/mol. The summed E-state index contributed by atoms with van der Waals surface area (Å²) in [4.78, 5) is 30.1. The number of hydrogen-bond acceptors (Lipinski definition) is 3. The highest BCUT2D eigenvalue weighted by Crippen LogP contribution is 1.78. The van der Waals surface area contributed by atoms with Crippen LogP contribution in [-0.2, 0) is 14.4 Å². The second-order valence-corrected chi connectivity index (χ2v) is 1.61. The van der Waals surface area contributed by atoms with Crippen molar-refractivity contribution < 1.29 is 19.5 Å². The van der Waals surface area contributed by atoms with Crippen molar-refractivity contribution in [1.29, 1.82) is 0 Å². The number of carboxylic acid groups (broad SMARTS) is 1. The van der Waals surface area contributed by atoms with E-state index in [1.54, 1.807) is 0 Å². The fraction of sp³-hybridized carbons (Fsp3) is 0.167. The summed E-state index contributed by atoms with van der Waals surface area (Å²) in [6.07, 6.45) is 1.64. The van der Waals surface area contributed by atoms with Gasteiger partial charge >= 0.3 is 5.97 Å². The minimum atomic E-state index is -1.56. The highest BCUT2D eigenvalue weighted by molar-refractivity contribution is 6.38. The molecule has 0 aromatic carbocycles. The molecule has 54 valence electrons. The topological polar surface area (TPSA) is 71.4 Å². The van der Waals surface area contributed by atoms with Gasteiger partial charge in [-0.2, -0.15) is 0 Å². The largest absolute Gasteiger partial charge is 0.475 e. The average Bonchev–Trinajstić information content (AvgIpc) is 1.82. The number of hydrogen-bond donors (Lipinski definition) is 1. The molecule has 0 bridgehead atoms. The summed E-state index contributed by atoms with van der Waals surface area (Å²) in [5.41, 5.74) is 0. The van der Waals surface area contributed by atoms with Gasteiger partial charge in [0.1, 0.15) is 0 Å². The molecule has 0 aliphatic carbocycles. The standard InChI is InChI=1S/C6H6O4/c1-4(7)2-3-5(8)6(9)10/h2-3H,1H3,(H,9,10). The molecule has 0 unspecified atom stereocenters. The number of carbonyl (C=O) groups is 3. The number of rotatable bonds is 3. The lowest BCUT2D eigenvalue weighted by atomic mass is 10.3. The van der Waals surface area contributed by atoms with Crippen LogP contribution in [-0.4, -0.2) is 22.6 Å². The molecule has 0 rings (SSSR count). The number of carbonyl (C=O) groups excluding carboxylic acids is 2. The molecule has 0 saturated carbocycles. The molecule has 0 aliphatic heterocycles. The van der Waals surface area contributed by atoms with Gasteiger partial charge in [0.15, 0.2) is 5.78 Å². The zero-order valence-corrected chi connectivity index (χ0v) is 5.33. The van der Waals surface area contributed by atoms with Crippen LogP contribution in [0.15, 0.2) is 12.2 Å². The van der Waals surface area contributed by atoms with Gasteiger partial charge in [-0.05, 0) is 19.1 Å². The van der Waals surface area contributed by atoms with Crippen LogP contribution in [0.4, 0.5) is 0 Å². The fourth-order valence-electron chi connectivity index (χ4n) is 0.264. The first-order valence-electron chi connectivity index (χ1n) is 2.50. The van der Waals surface area contributed by atoms with E-state index in [1.807, 2.05) is 0 Å². The Hall–Kier alpha value is -1.45. The molecule has 4 nitrogen and oxygen atoms in total. The third-order valence-corrected chi connectivity index (χ3v) is 0.680. The van der Waals surface area contributed by atoms with E-state index in [2.05, 4.69) is 0 Å². The van der Waals surface area contributed by atoms with Gasteiger partial charge in [0.05, 0.1) is 0 Å². The lowest BCUT2D eigenvalue weighted by molar-refractivity contribution is -0.146. The molecule has 0 saturated heterocycles. The Kier molecular flexibility index (Phi) is 3.04. The maximum Gasteiger partial charge on any atom is 0.376 e. The van der Waals surface area contributed by atoms with Crippen LogP contribution in [0, 0.1) is 0 Å². The lowest BCUT2D eigenvalue weighted by Crippen LogP contribution is -2.08. The van der Waals surface area contributed by atoms with E-state index in [-0.39, 0.29) is 5.78 Å². The predicted octanol–water partition coefficient (Wildman–Crippen LogP) is -0.215. The summed E-state index contributed by atoms with van der Waals surface area (Å²) < 4.78 is 0. The van der Waals surface area contributed by atoms with Crippen molar-refractivity contribution >= 4 is 17.5 Å². The van der Waals surface area contributed by atoms with Crippen molar-refractivity contribution in [2.45, 2.75) is 6.92 Å². The van der Waals surface area contributed by atoms with Crippen LogP contribution in [0.5, 0.6) is 0 Å². The van der Waals surface area contributed by atoms with E-state index in [9.17, 15) is 14.4 Å². The normalized spacial score (nSPS) is 9.70. The monoisotopic (exact) mass is 142 g/mol. The molecule has 0 fully saturated rings. The van der Waals surface area contributed by atoms with Crippen molar-refractivity contribution in [2.75, 3.05) is 0 Å². The molecule has 0 aromatic rings. The maximum atomic E-state index is 10.2. The summed E-state index contributed by atoms with van der Waals surface area (Å²) in [7, 11) is 0. The number of aliphatic carboxylic acids is 1. The molecule has 0 spiro atoms. The number of ketones is 2. The number of allylic oxidation sites excluding steroid dienone is 1. The summed E-state index contributed by atoms with van der Waals surface area (Å²) in [5, 5.41) is 7.98. The van der Waals surface area contributed by atoms with Crippen LogP contribution in [0.1, 0.15) is 6.92 Å². The average molecular weight is 142 g/mol. The Morgan fingerprint density at radius 2 is 1.70 bits per heavy atom. The third-order valence-electron chi connectivity index (χ3n) is 0.680. The molecule has 4 heteroatoms. The minimum absolute atomic E-state index is 0.352. The molecule has 0 heterocycles. The van der Waals surface area contributed by atoms with Crippen LogP contribution >= 0.6 is 0 Å². The highest BCUT2D eigenvalue weighted by atomic mass is 16.4. The van der Waals surface area contributed by atoms with Gasteiger partial charge in [-0.3, -0.25) is 9.59 Å². The first kappa shape index (κ1) is 8.55. The fourth-order valence-corrected chi connectivity index (χ4v) is 0.264. The summed E-state index contributed by atoms with van der Waals surface area (Å²) in [6, 6.07) is 0. The lowest BCUT2D eigenvalue weighted by Gasteiger charge is -1.80. The second kappa shape index (κ2) is 3.55. The van der Waals surface area contributed by atoms with Crippen molar-refractivity contribution in [1.82, 2.24) is 0 Å². The van der Waals surface area contributed by atoms with Crippen LogP contribution in [0.3, 0.4) is 0 Å². The molecule has 0 radical (unpaired) electrons. The molecule has 1 N–H and O–H groups in total. The third kappa shape index (κ3) is 3.54. The number of carboxylic acids is 1. The smallest absolute Gasteiger partial charge is 0.376 e. The molecule has 0 atom stereocenters. The van der Waals surface area contributed by atoms with E-state index >= 15 is 0 Å². The van der Waals surface area contributed by atoms with Crippen molar-refractivity contribution in [3.05, 3.63) is 12.2 Å².